The van der Waals surface area contributed by atoms with Crippen molar-refractivity contribution in [2.45, 2.75) is 89.7 Å². The number of nitrogens with zero attached hydrogens (tertiary/aromatic N) is 4. The van der Waals surface area contributed by atoms with Crippen LogP contribution in [-0.2, 0) is 30.4 Å². The fourth-order valence-corrected chi connectivity index (χ4v) is 5.26. The minimum Gasteiger partial charge on any atom is -0.274 e. The minimum atomic E-state index is -4.58. The van der Waals surface area contributed by atoms with Crippen LogP contribution in [0.4, 0.5) is 26.3 Å². The van der Waals surface area contributed by atoms with Crippen LogP contribution in [0.3, 0.4) is 0 Å². The monoisotopic (exact) mass is 479 g/mol. The molecule has 2 heterocycles. The number of halogens is 6. The lowest BCUT2D eigenvalue weighted by Gasteiger charge is -2.36. The third kappa shape index (κ3) is 4.71. The standard InChI is InChI=1S/C21H27F6N5O/c1-13(33)28-32-17-10-4-2-3-7-15(17)19(21(25,26)27)31(32)12-6-11-30-18(20(22,23)24)14-8-5-9-16(14)29-30/h19H,2-12H2,1H3,(H,28,33). The van der Waals surface area contributed by atoms with E-state index in [0.29, 0.717) is 49.9 Å². The average Bonchev–Trinajstić information content (AvgIpc) is 3.27. The number of amides is 1. The van der Waals surface area contributed by atoms with Crippen LogP contribution < -0.4 is 5.43 Å². The van der Waals surface area contributed by atoms with Crippen molar-refractivity contribution in [2.75, 3.05) is 6.54 Å². The van der Waals surface area contributed by atoms with Crippen molar-refractivity contribution in [3.8, 4) is 0 Å². The number of aryl methyl sites for hydroxylation is 2. The summed E-state index contributed by atoms with van der Waals surface area (Å²) in [5.41, 5.74) is 3.00. The number of carbonyl (C=O) groups is 1. The molecular weight excluding hydrogens is 452 g/mol. The largest absolute Gasteiger partial charge is 0.433 e. The van der Waals surface area contributed by atoms with E-state index in [2.05, 4.69) is 10.5 Å². The van der Waals surface area contributed by atoms with E-state index in [4.69, 9.17) is 0 Å². The lowest BCUT2D eigenvalue weighted by atomic mass is 10.0. The number of rotatable bonds is 5. The van der Waals surface area contributed by atoms with E-state index in [1.54, 1.807) is 0 Å². The average molecular weight is 479 g/mol. The van der Waals surface area contributed by atoms with Crippen molar-refractivity contribution in [1.29, 1.82) is 0 Å². The molecule has 0 saturated carbocycles. The molecule has 3 aliphatic rings. The lowest BCUT2D eigenvalue weighted by molar-refractivity contribution is -0.204. The molecule has 1 aliphatic heterocycles. The van der Waals surface area contributed by atoms with E-state index < -0.39 is 30.0 Å². The second-order valence-electron chi connectivity index (χ2n) is 8.82. The summed E-state index contributed by atoms with van der Waals surface area (Å²) in [5, 5.41) is 6.34. The zero-order chi connectivity index (χ0) is 24.0. The molecule has 0 saturated heterocycles. The number of fused-ring (bicyclic) bond motifs is 1. The number of hydrogen-bond acceptors (Lipinski definition) is 4. The molecule has 0 spiro atoms. The van der Waals surface area contributed by atoms with E-state index in [1.165, 1.54) is 12.0 Å². The lowest BCUT2D eigenvalue weighted by Crippen LogP contribution is -2.55. The Kier molecular flexibility index (Phi) is 6.41. The maximum Gasteiger partial charge on any atom is 0.433 e. The van der Waals surface area contributed by atoms with E-state index in [9.17, 15) is 31.1 Å². The first-order valence-electron chi connectivity index (χ1n) is 11.3. The quantitative estimate of drug-likeness (QED) is 0.632. The highest BCUT2D eigenvalue weighted by Crippen LogP contribution is 2.44. The molecular formula is C21H27F6N5O. The van der Waals surface area contributed by atoms with Crippen molar-refractivity contribution in [3.05, 3.63) is 28.2 Å². The molecule has 1 aromatic heterocycles. The normalized spacial score (nSPS) is 21.9. The maximum absolute atomic E-state index is 14.1. The number of hydrazine groups is 2. The van der Waals surface area contributed by atoms with Crippen LogP contribution in [0, 0.1) is 0 Å². The van der Waals surface area contributed by atoms with E-state index >= 15 is 0 Å². The third-order valence-corrected chi connectivity index (χ3v) is 6.44. The van der Waals surface area contributed by atoms with Crippen LogP contribution in [-0.4, -0.2) is 44.6 Å². The highest BCUT2D eigenvalue weighted by Gasteiger charge is 2.53. The van der Waals surface area contributed by atoms with Gasteiger partial charge in [0.05, 0.1) is 11.4 Å². The zero-order valence-electron chi connectivity index (χ0n) is 18.3. The first-order valence-corrected chi connectivity index (χ1v) is 11.3. The molecule has 0 radical (unpaired) electrons. The molecule has 0 aromatic carbocycles. The summed E-state index contributed by atoms with van der Waals surface area (Å²) in [6.45, 7) is 0.873. The Labute approximate surface area is 187 Å². The predicted octanol–water partition coefficient (Wildman–Crippen LogP) is 4.51. The van der Waals surface area contributed by atoms with Gasteiger partial charge in [0.25, 0.3) is 0 Å². The topological polar surface area (TPSA) is 53.4 Å². The summed E-state index contributed by atoms with van der Waals surface area (Å²) in [7, 11) is 0. The summed E-state index contributed by atoms with van der Waals surface area (Å²) in [4.78, 5) is 11.8. The summed E-state index contributed by atoms with van der Waals surface area (Å²) in [6.07, 6.45) is -4.94. The molecule has 184 valence electrons. The summed E-state index contributed by atoms with van der Waals surface area (Å²) in [6, 6.07) is -1.90. The van der Waals surface area contributed by atoms with Gasteiger partial charge < -0.3 is 0 Å². The van der Waals surface area contributed by atoms with E-state index in [1.807, 2.05) is 0 Å². The SMILES string of the molecule is CC(=O)NN1C2=C(CCCCC2)C(C(F)(F)F)N1CCCn1nc2c(c1C(F)(F)F)CCC2. The molecule has 4 rings (SSSR count). The smallest absolute Gasteiger partial charge is 0.274 e. The molecule has 0 bridgehead atoms. The highest BCUT2D eigenvalue weighted by molar-refractivity contribution is 5.72. The number of carbonyl (C=O) groups excluding carboxylic acids is 1. The molecule has 12 heteroatoms. The highest BCUT2D eigenvalue weighted by atomic mass is 19.4. The first-order chi connectivity index (χ1) is 15.5. The van der Waals surface area contributed by atoms with Crippen LogP contribution in [0.15, 0.2) is 11.3 Å². The van der Waals surface area contributed by atoms with Crippen molar-refractivity contribution >= 4 is 5.91 Å². The first kappa shape index (κ1) is 23.9. The summed E-state index contributed by atoms with van der Waals surface area (Å²) < 4.78 is 84.2. The van der Waals surface area contributed by atoms with Gasteiger partial charge in [-0.15, -0.1) is 0 Å². The Morgan fingerprint density at radius 3 is 2.39 bits per heavy atom. The maximum atomic E-state index is 14.1. The Balaban J connectivity index is 1.57. The molecule has 1 unspecified atom stereocenters. The second-order valence-corrected chi connectivity index (χ2v) is 8.82. The number of nitrogens with one attached hydrogen (secondary N) is 1. The summed E-state index contributed by atoms with van der Waals surface area (Å²) in [5.74, 6) is -0.512. The van der Waals surface area contributed by atoms with Crippen LogP contribution in [0.1, 0.15) is 68.8 Å². The molecule has 6 nitrogen and oxygen atoms in total. The third-order valence-electron chi connectivity index (χ3n) is 6.44. The second kappa shape index (κ2) is 8.84. The van der Waals surface area contributed by atoms with Gasteiger partial charge in [-0.2, -0.15) is 36.5 Å². The van der Waals surface area contributed by atoms with Crippen LogP contribution in [0.25, 0.3) is 0 Å². The van der Waals surface area contributed by atoms with E-state index in [0.717, 1.165) is 16.1 Å². The number of allylic oxidation sites excluding steroid dienone is 1. The van der Waals surface area contributed by atoms with Gasteiger partial charge in [-0.3, -0.25) is 14.9 Å². The van der Waals surface area contributed by atoms with Gasteiger partial charge in [-0.05, 0) is 56.9 Å². The molecule has 33 heavy (non-hydrogen) atoms. The predicted molar refractivity (Wildman–Crippen MR) is 106 cm³/mol. The van der Waals surface area contributed by atoms with Crippen LogP contribution in [0.5, 0.6) is 0 Å². The molecule has 1 aromatic rings. The Morgan fingerprint density at radius 1 is 1.00 bits per heavy atom. The van der Waals surface area contributed by atoms with Gasteiger partial charge in [-0.25, -0.2) is 5.12 Å². The van der Waals surface area contributed by atoms with Gasteiger partial charge in [-0.1, -0.05) is 6.42 Å². The number of alkyl halides is 6. The Bertz CT molecular complexity index is 935. The molecule has 1 amide bonds. The van der Waals surface area contributed by atoms with Crippen LogP contribution >= 0.6 is 0 Å². The molecule has 1 N–H and O–H groups in total. The number of hydrogen-bond donors (Lipinski definition) is 1. The number of aromatic nitrogens is 2. The summed E-state index contributed by atoms with van der Waals surface area (Å²) >= 11 is 0. The van der Waals surface area contributed by atoms with Crippen molar-refractivity contribution < 1.29 is 31.1 Å². The van der Waals surface area contributed by atoms with Gasteiger partial charge in [0, 0.05) is 25.6 Å². The Hall–Kier alpha value is -2.24. The fourth-order valence-electron chi connectivity index (χ4n) is 5.26. The minimum absolute atomic E-state index is 0.00681. The van der Waals surface area contributed by atoms with Gasteiger partial charge in [0.15, 0.2) is 0 Å². The van der Waals surface area contributed by atoms with Crippen LogP contribution in [0.2, 0.25) is 0 Å². The van der Waals surface area contributed by atoms with Crippen molar-refractivity contribution in [2.24, 2.45) is 0 Å². The Morgan fingerprint density at radius 2 is 1.73 bits per heavy atom. The van der Waals surface area contributed by atoms with Gasteiger partial charge >= 0.3 is 12.4 Å². The molecule has 0 fully saturated rings. The van der Waals surface area contributed by atoms with E-state index in [-0.39, 0.29) is 37.1 Å². The van der Waals surface area contributed by atoms with Gasteiger partial charge in [0.2, 0.25) is 5.91 Å². The molecule has 2 aliphatic carbocycles. The zero-order valence-corrected chi connectivity index (χ0v) is 18.3. The van der Waals surface area contributed by atoms with Crippen molar-refractivity contribution in [1.82, 2.24) is 25.3 Å². The molecule has 1 atom stereocenters. The van der Waals surface area contributed by atoms with Crippen molar-refractivity contribution in [3.63, 3.8) is 0 Å². The fraction of sp³-hybridized carbons (Fsp3) is 0.714. The van der Waals surface area contributed by atoms with Gasteiger partial charge in [0.1, 0.15) is 11.7 Å².